The molecule has 1 aromatic carbocycles. The predicted molar refractivity (Wildman–Crippen MR) is 74.5 cm³/mol. The molecule has 0 spiro atoms. The van der Waals surface area contributed by atoms with Crippen molar-refractivity contribution in [1.29, 1.82) is 0 Å². The maximum Gasteiger partial charge on any atom is 0.317 e. The molecule has 19 heavy (non-hydrogen) atoms. The number of benzene rings is 1. The third-order valence-electron chi connectivity index (χ3n) is 3.04. The second-order valence-corrected chi connectivity index (χ2v) is 4.63. The molecule has 1 saturated heterocycles. The molecule has 1 aromatic rings. The van der Waals surface area contributed by atoms with Crippen LogP contribution < -0.4 is 15.4 Å². The Labute approximate surface area is 113 Å². The van der Waals surface area contributed by atoms with Crippen molar-refractivity contribution in [1.82, 2.24) is 15.5 Å². The molecule has 1 aliphatic rings. The van der Waals surface area contributed by atoms with Gasteiger partial charge in [0.05, 0.1) is 0 Å². The minimum atomic E-state index is 0.0396. The molecule has 1 fully saturated rings. The number of urea groups is 1. The highest BCUT2D eigenvalue weighted by atomic mass is 16.5. The van der Waals surface area contributed by atoms with E-state index in [0.717, 1.165) is 38.5 Å². The van der Waals surface area contributed by atoms with Crippen molar-refractivity contribution in [3.05, 3.63) is 29.8 Å². The molecule has 1 heterocycles. The summed E-state index contributed by atoms with van der Waals surface area (Å²) in [5.41, 5.74) is 1.20. The number of amides is 2. The zero-order valence-electron chi connectivity index (χ0n) is 11.3. The highest BCUT2D eigenvalue weighted by Crippen LogP contribution is 2.11. The van der Waals surface area contributed by atoms with E-state index in [1.807, 2.05) is 36.1 Å². The molecule has 0 aromatic heterocycles. The van der Waals surface area contributed by atoms with Gasteiger partial charge in [0, 0.05) is 32.7 Å². The topological polar surface area (TPSA) is 53.6 Å². The van der Waals surface area contributed by atoms with Crippen LogP contribution in [0.1, 0.15) is 5.56 Å². The summed E-state index contributed by atoms with van der Waals surface area (Å²) in [6, 6.07) is 8.06. The highest BCUT2D eigenvalue weighted by molar-refractivity contribution is 5.76. The molecule has 0 atom stereocenters. The molecule has 0 unspecified atom stereocenters. The molecule has 0 aliphatic carbocycles. The fraction of sp³-hybridized carbons (Fsp3) is 0.500. The van der Waals surface area contributed by atoms with E-state index in [0.29, 0.717) is 6.61 Å². The first-order valence-electron chi connectivity index (χ1n) is 6.69. The number of nitrogens with zero attached hydrogens (tertiary/aromatic N) is 1. The zero-order valence-corrected chi connectivity index (χ0v) is 11.3. The molecule has 2 rings (SSSR count). The monoisotopic (exact) mass is 263 g/mol. The first-order chi connectivity index (χ1) is 9.25. The van der Waals surface area contributed by atoms with Crippen LogP contribution in [0.15, 0.2) is 24.3 Å². The van der Waals surface area contributed by atoms with Gasteiger partial charge in [0.2, 0.25) is 0 Å². The molecule has 0 saturated carbocycles. The minimum absolute atomic E-state index is 0.0396. The standard InChI is InChI=1S/C14H21N3O2/c1-12-3-2-4-13(11-12)19-10-7-15-5-8-17-9-6-16-14(17)18/h2-4,11,15H,5-10H2,1H3,(H,16,18). The summed E-state index contributed by atoms with van der Waals surface area (Å²) in [4.78, 5) is 13.1. The molecular weight excluding hydrogens is 242 g/mol. The molecule has 2 amide bonds. The Balaban J connectivity index is 1.54. The molecule has 0 bridgehead atoms. The van der Waals surface area contributed by atoms with Crippen molar-refractivity contribution in [2.24, 2.45) is 0 Å². The van der Waals surface area contributed by atoms with Crippen LogP contribution in [0.2, 0.25) is 0 Å². The molecule has 5 heteroatoms. The smallest absolute Gasteiger partial charge is 0.317 e. The van der Waals surface area contributed by atoms with E-state index < -0.39 is 0 Å². The van der Waals surface area contributed by atoms with Crippen LogP contribution in [-0.2, 0) is 0 Å². The Morgan fingerprint density at radius 1 is 1.42 bits per heavy atom. The van der Waals surface area contributed by atoms with E-state index in [1.54, 1.807) is 0 Å². The van der Waals surface area contributed by atoms with Crippen LogP contribution in [0.5, 0.6) is 5.75 Å². The van der Waals surface area contributed by atoms with Crippen LogP contribution in [0.4, 0.5) is 4.79 Å². The van der Waals surface area contributed by atoms with Crippen molar-refractivity contribution in [3.8, 4) is 5.75 Å². The lowest BCUT2D eigenvalue weighted by Gasteiger charge is -2.14. The molecule has 5 nitrogen and oxygen atoms in total. The number of rotatable bonds is 7. The van der Waals surface area contributed by atoms with Crippen LogP contribution in [-0.4, -0.2) is 50.3 Å². The van der Waals surface area contributed by atoms with Crippen molar-refractivity contribution in [2.75, 3.05) is 39.3 Å². The van der Waals surface area contributed by atoms with Gasteiger partial charge in [-0.25, -0.2) is 4.79 Å². The maximum atomic E-state index is 11.3. The largest absolute Gasteiger partial charge is 0.492 e. The quantitative estimate of drug-likeness (QED) is 0.721. The van der Waals surface area contributed by atoms with E-state index in [4.69, 9.17) is 4.74 Å². The van der Waals surface area contributed by atoms with Gasteiger partial charge in [-0.1, -0.05) is 12.1 Å². The van der Waals surface area contributed by atoms with Crippen molar-refractivity contribution in [2.45, 2.75) is 6.92 Å². The van der Waals surface area contributed by atoms with Crippen LogP contribution in [0, 0.1) is 6.92 Å². The Hall–Kier alpha value is -1.75. The summed E-state index contributed by atoms with van der Waals surface area (Å²) in [7, 11) is 0. The molecular formula is C14H21N3O2. The van der Waals surface area contributed by atoms with Crippen molar-refractivity contribution in [3.63, 3.8) is 0 Å². The number of ether oxygens (including phenoxy) is 1. The summed E-state index contributed by atoms with van der Waals surface area (Å²) in [5, 5.41) is 6.05. The van der Waals surface area contributed by atoms with Crippen molar-refractivity contribution < 1.29 is 9.53 Å². The van der Waals surface area contributed by atoms with Crippen LogP contribution >= 0.6 is 0 Å². The van der Waals surface area contributed by atoms with Crippen LogP contribution in [0.25, 0.3) is 0 Å². The molecule has 0 radical (unpaired) electrons. The Morgan fingerprint density at radius 2 is 2.32 bits per heavy atom. The number of nitrogens with one attached hydrogen (secondary N) is 2. The van der Waals surface area contributed by atoms with Gasteiger partial charge in [0.15, 0.2) is 0 Å². The Bertz CT molecular complexity index is 423. The van der Waals surface area contributed by atoms with Gasteiger partial charge in [-0.2, -0.15) is 0 Å². The van der Waals surface area contributed by atoms with E-state index in [2.05, 4.69) is 10.6 Å². The Morgan fingerprint density at radius 3 is 3.05 bits per heavy atom. The minimum Gasteiger partial charge on any atom is -0.492 e. The van der Waals surface area contributed by atoms with Gasteiger partial charge < -0.3 is 20.3 Å². The summed E-state index contributed by atoms with van der Waals surface area (Å²) in [6.45, 7) is 6.57. The summed E-state index contributed by atoms with van der Waals surface area (Å²) in [6.07, 6.45) is 0. The molecule has 1 aliphatic heterocycles. The second-order valence-electron chi connectivity index (χ2n) is 4.63. The second kappa shape index (κ2) is 6.99. The molecule has 104 valence electrons. The first kappa shape index (κ1) is 13.7. The third-order valence-corrected chi connectivity index (χ3v) is 3.04. The zero-order chi connectivity index (χ0) is 13.5. The number of hydrogen-bond acceptors (Lipinski definition) is 3. The predicted octanol–water partition coefficient (Wildman–Crippen LogP) is 0.989. The SMILES string of the molecule is Cc1cccc(OCCNCCN2CCNC2=O)c1. The Kier molecular flexibility index (Phi) is 5.03. The maximum absolute atomic E-state index is 11.3. The summed E-state index contributed by atoms with van der Waals surface area (Å²) >= 11 is 0. The highest BCUT2D eigenvalue weighted by Gasteiger charge is 2.17. The van der Waals surface area contributed by atoms with Crippen LogP contribution in [0.3, 0.4) is 0 Å². The number of aryl methyl sites for hydroxylation is 1. The van der Waals surface area contributed by atoms with Gasteiger partial charge in [-0.05, 0) is 24.6 Å². The van der Waals surface area contributed by atoms with E-state index >= 15 is 0 Å². The number of carbonyl (C=O) groups is 1. The van der Waals surface area contributed by atoms with E-state index in [-0.39, 0.29) is 6.03 Å². The van der Waals surface area contributed by atoms with Gasteiger partial charge >= 0.3 is 6.03 Å². The lowest BCUT2D eigenvalue weighted by Crippen LogP contribution is -2.35. The lowest BCUT2D eigenvalue weighted by atomic mass is 10.2. The van der Waals surface area contributed by atoms with E-state index in [1.165, 1.54) is 5.56 Å². The first-order valence-corrected chi connectivity index (χ1v) is 6.69. The van der Waals surface area contributed by atoms with Gasteiger partial charge in [-0.3, -0.25) is 0 Å². The molecule has 2 N–H and O–H groups in total. The summed E-state index contributed by atoms with van der Waals surface area (Å²) < 4.78 is 5.62. The number of carbonyl (C=O) groups excluding carboxylic acids is 1. The van der Waals surface area contributed by atoms with Gasteiger partial charge in [0.25, 0.3) is 0 Å². The average Bonchev–Trinajstić information content (AvgIpc) is 2.79. The van der Waals surface area contributed by atoms with Crippen molar-refractivity contribution >= 4 is 6.03 Å². The third kappa shape index (κ3) is 4.44. The fourth-order valence-corrected chi connectivity index (χ4v) is 2.01. The summed E-state index contributed by atoms with van der Waals surface area (Å²) in [5.74, 6) is 0.903. The normalized spacial score (nSPS) is 14.6. The van der Waals surface area contributed by atoms with Gasteiger partial charge in [-0.15, -0.1) is 0 Å². The average molecular weight is 263 g/mol. The fourth-order valence-electron chi connectivity index (χ4n) is 2.01. The van der Waals surface area contributed by atoms with Gasteiger partial charge in [0.1, 0.15) is 12.4 Å². The number of hydrogen-bond donors (Lipinski definition) is 2. The van der Waals surface area contributed by atoms with E-state index in [9.17, 15) is 4.79 Å². The lowest BCUT2D eigenvalue weighted by molar-refractivity contribution is 0.217.